The highest BCUT2D eigenvalue weighted by molar-refractivity contribution is 14.0. The Morgan fingerprint density at radius 2 is 2.00 bits per heavy atom. The number of benzene rings is 1. The van der Waals surface area contributed by atoms with Crippen molar-refractivity contribution in [1.82, 2.24) is 10.2 Å². The van der Waals surface area contributed by atoms with Gasteiger partial charge in [-0.15, -0.1) is 24.0 Å². The van der Waals surface area contributed by atoms with Crippen molar-refractivity contribution >= 4 is 40.7 Å². The fraction of sp³-hybridized carbons (Fsp3) is 0.462. The summed E-state index contributed by atoms with van der Waals surface area (Å²) >= 11 is 0. The van der Waals surface area contributed by atoms with Gasteiger partial charge in [-0.05, 0) is 24.6 Å². The Bertz CT molecular complexity index is 475. The highest BCUT2D eigenvalue weighted by Crippen LogP contribution is 2.15. The molecule has 1 aromatic rings. The molecule has 2 atom stereocenters. The molecule has 1 aliphatic heterocycles. The summed E-state index contributed by atoms with van der Waals surface area (Å²) in [6, 6.07) is 8.07. The Labute approximate surface area is 134 Å². The number of nitrogens with one attached hydrogen (secondary N) is 1. The Balaban J connectivity index is 0.00000180. The van der Waals surface area contributed by atoms with E-state index in [9.17, 15) is 4.21 Å². The minimum Gasteiger partial charge on any atom is -0.350 e. The van der Waals surface area contributed by atoms with E-state index in [0.717, 1.165) is 23.9 Å². The van der Waals surface area contributed by atoms with Crippen molar-refractivity contribution in [2.45, 2.75) is 17.9 Å². The van der Waals surface area contributed by atoms with Crippen LogP contribution in [0.25, 0.3) is 0 Å². The molecule has 106 valence electrons. The van der Waals surface area contributed by atoms with Crippen LogP contribution in [-0.4, -0.2) is 41.5 Å². The van der Waals surface area contributed by atoms with Gasteiger partial charge in [0.25, 0.3) is 0 Å². The SMILES string of the molecule is CC(NC1=NCCN1C)c1ccc(S(C)=O)cc1.I. The van der Waals surface area contributed by atoms with E-state index in [0.29, 0.717) is 0 Å². The van der Waals surface area contributed by atoms with Gasteiger partial charge in [-0.1, -0.05) is 12.1 Å². The lowest BCUT2D eigenvalue weighted by molar-refractivity contribution is 0.520. The summed E-state index contributed by atoms with van der Waals surface area (Å²) in [5.74, 6) is 0.950. The van der Waals surface area contributed by atoms with Crippen LogP contribution in [0.15, 0.2) is 34.2 Å². The molecule has 6 heteroatoms. The summed E-state index contributed by atoms with van der Waals surface area (Å²) in [4.78, 5) is 7.39. The van der Waals surface area contributed by atoms with E-state index in [1.54, 1.807) is 6.26 Å². The minimum atomic E-state index is -0.912. The van der Waals surface area contributed by atoms with Gasteiger partial charge < -0.3 is 10.2 Å². The average Bonchev–Trinajstić information content (AvgIpc) is 2.75. The second-order valence-electron chi connectivity index (χ2n) is 4.52. The average molecular weight is 393 g/mol. The Kier molecular flexibility index (Phi) is 6.25. The van der Waals surface area contributed by atoms with Gasteiger partial charge in [-0.25, -0.2) is 0 Å². The topological polar surface area (TPSA) is 44.7 Å². The molecule has 2 unspecified atom stereocenters. The van der Waals surface area contributed by atoms with Crippen molar-refractivity contribution in [3.63, 3.8) is 0 Å². The van der Waals surface area contributed by atoms with Crippen molar-refractivity contribution in [2.24, 2.45) is 4.99 Å². The number of likely N-dealkylation sites (N-methyl/N-ethyl adjacent to an activating group) is 1. The molecule has 0 aliphatic carbocycles. The van der Waals surface area contributed by atoms with Crippen LogP contribution < -0.4 is 5.32 Å². The maximum Gasteiger partial charge on any atom is 0.194 e. The molecule has 0 saturated carbocycles. The van der Waals surface area contributed by atoms with Crippen molar-refractivity contribution in [3.8, 4) is 0 Å². The lowest BCUT2D eigenvalue weighted by Crippen LogP contribution is -2.37. The quantitative estimate of drug-likeness (QED) is 0.800. The standard InChI is InChI=1S/C13H19N3OS.HI/c1-10(15-13-14-8-9-16(13)2)11-4-6-12(7-5-11)18(3)17;/h4-7,10H,8-9H2,1-3H3,(H,14,15);1H. The normalized spacial score (nSPS) is 17.4. The van der Waals surface area contributed by atoms with Crippen LogP contribution in [0, 0.1) is 0 Å². The third-order valence-corrected chi connectivity index (χ3v) is 4.05. The van der Waals surface area contributed by atoms with E-state index in [4.69, 9.17) is 0 Å². The van der Waals surface area contributed by atoms with Crippen molar-refractivity contribution in [2.75, 3.05) is 26.4 Å². The van der Waals surface area contributed by atoms with E-state index in [1.807, 2.05) is 31.3 Å². The first-order valence-electron chi connectivity index (χ1n) is 6.03. The smallest absolute Gasteiger partial charge is 0.194 e. The molecule has 0 amide bonds. The summed E-state index contributed by atoms with van der Waals surface area (Å²) in [6.07, 6.45) is 1.69. The largest absolute Gasteiger partial charge is 0.350 e. The maximum atomic E-state index is 11.3. The van der Waals surface area contributed by atoms with Crippen molar-refractivity contribution in [1.29, 1.82) is 0 Å². The minimum absolute atomic E-state index is 0. The first kappa shape index (κ1) is 16.4. The lowest BCUT2D eigenvalue weighted by atomic mass is 10.1. The number of hydrogen-bond donors (Lipinski definition) is 1. The monoisotopic (exact) mass is 393 g/mol. The van der Waals surface area contributed by atoms with Gasteiger partial charge in [0.2, 0.25) is 0 Å². The third-order valence-electron chi connectivity index (χ3n) is 3.12. The van der Waals surface area contributed by atoms with Crippen LogP contribution in [0.5, 0.6) is 0 Å². The molecule has 4 nitrogen and oxygen atoms in total. The third kappa shape index (κ3) is 4.17. The molecule has 0 spiro atoms. The number of hydrogen-bond acceptors (Lipinski definition) is 4. The number of nitrogens with zero attached hydrogens (tertiary/aromatic N) is 2. The summed E-state index contributed by atoms with van der Waals surface area (Å²) in [5, 5.41) is 3.39. The summed E-state index contributed by atoms with van der Waals surface area (Å²) in [6.45, 7) is 3.94. The van der Waals surface area contributed by atoms with Crippen molar-refractivity contribution in [3.05, 3.63) is 29.8 Å². The van der Waals surface area contributed by atoms with E-state index in [-0.39, 0.29) is 30.0 Å². The molecule has 0 radical (unpaired) electrons. The fourth-order valence-electron chi connectivity index (χ4n) is 1.91. The first-order chi connectivity index (χ1) is 8.58. The zero-order valence-electron chi connectivity index (χ0n) is 11.4. The number of guanidine groups is 1. The van der Waals surface area contributed by atoms with Gasteiger partial charge in [-0.3, -0.25) is 9.20 Å². The molecule has 0 aromatic heterocycles. The number of aliphatic imine (C=N–C) groups is 1. The molecule has 1 N–H and O–H groups in total. The van der Waals surface area contributed by atoms with Gasteiger partial charge in [0.1, 0.15) is 0 Å². The molecule has 1 aromatic carbocycles. The van der Waals surface area contributed by atoms with Crippen molar-refractivity contribution < 1.29 is 4.21 Å². The van der Waals surface area contributed by atoms with E-state index < -0.39 is 10.8 Å². The highest BCUT2D eigenvalue weighted by Gasteiger charge is 2.15. The summed E-state index contributed by atoms with van der Waals surface area (Å²) in [5.41, 5.74) is 1.17. The van der Waals surface area contributed by atoms with Crippen LogP contribution >= 0.6 is 24.0 Å². The Hall–Kier alpha value is -0.630. The van der Waals surface area contributed by atoms with E-state index in [1.165, 1.54) is 5.56 Å². The Morgan fingerprint density at radius 1 is 1.37 bits per heavy atom. The zero-order chi connectivity index (χ0) is 13.1. The molecular weight excluding hydrogens is 373 g/mol. The number of rotatable bonds is 3. The van der Waals surface area contributed by atoms with Gasteiger partial charge in [0.15, 0.2) is 5.96 Å². The zero-order valence-corrected chi connectivity index (χ0v) is 14.6. The molecule has 0 bridgehead atoms. The molecule has 0 saturated heterocycles. The van der Waals surface area contributed by atoms with Crippen LogP contribution in [0.2, 0.25) is 0 Å². The predicted octanol–water partition coefficient (Wildman–Crippen LogP) is 1.99. The molecule has 19 heavy (non-hydrogen) atoms. The number of halogens is 1. The van der Waals surface area contributed by atoms with E-state index in [2.05, 4.69) is 22.1 Å². The summed E-state index contributed by atoms with van der Waals surface area (Å²) < 4.78 is 11.3. The second kappa shape index (κ2) is 7.23. The van der Waals surface area contributed by atoms with Crippen LogP contribution in [-0.2, 0) is 10.8 Å². The second-order valence-corrected chi connectivity index (χ2v) is 5.90. The molecule has 1 aliphatic rings. The van der Waals surface area contributed by atoms with Crippen LogP contribution in [0.1, 0.15) is 18.5 Å². The molecular formula is C13H20IN3OS. The molecule has 0 fully saturated rings. The van der Waals surface area contributed by atoms with Gasteiger partial charge in [-0.2, -0.15) is 0 Å². The van der Waals surface area contributed by atoms with E-state index >= 15 is 0 Å². The first-order valence-corrected chi connectivity index (χ1v) is 7.59. The highest BCUT2D eigenvalue weighted by atomic mass is 127. The molecule has 2 rings (SSSR count). The maximum absolute atomic E-state index is 11.3. The van der Waals surface area contributed by atoms with Crippen LogP contribution in [0.3, 0.4) is 0 Å². The Morgan fingerprint density at radius 3 is 2.47 bits per heavy atom. The fourth-order valence-corrected chi connectivity index (χ4v) is 2.43. The molecule has 1 heterocycles. The van der Waals surface area contributed by atoms with Gasteiger partial charge in [0, 0.05) is 35.5 Å². The van der Waals surface area contributed by atoms with Crippen LogP contribution in [0.4, 0.5) is 0 Å². The van der Waals surface area contributed by atoms with Gasteiger partial charge in [0.05, 0.1) is 12.6 Å². The lowest BCUT2D eigenvalue weighted by Gasteiger charge is -2.20. The van der Waals surface area contributed by atoms with Gasteiger partial charge >= 0.3 is 0 Å². The summed E-state index contributed by atoms with van der Waals surface area (Å²) in [7, 11) is 1.12. The predicted molar refractivity (Wildman–Crippen MR) is 90.7 cm³/mol.